The van der Waals surface area contributed by atoms with Crippen LogP contribution in [0.1, 0.15) is 29.8 Å². The third-order valence-electron chi connectivity index (χ3n) is 3.97. The highest BCUT2D eigenvalue weighted by Gasteiger charge is 2.17. The maximum absolute atomic E-state index is 12.0. The highest BCUT2D eigenvalue weighted by Crippen LogP contribution is 2.30. The van der Waals surface area contributed by atoms with Gasteiger partial charge in [0.15, 0.2) is 6.61 Å². The van der Waals surface area contributed by atoms with Crippen molar-refractivity contribution in [3.05, 3.63) is 41.3 Å². The number of nitrogens with zero attached hydrogens (tertiary/aromatic N) is 2. The molecule has 25 heavy (non-hydrogen) atoms. The van der Waals surface area contributed by atoms with Crippen molar-refractivity contribution < 1.29 is 18.4 Å². The molecule has 0 bridgehead atoms. The molecule has 0 spiro atoms. The number of carbonyl (C=O) groups is 1. The summed E-state index contributed by atoms with van der Waals surface area (Å²) in [7, 11) is 0. The van der Waals surface area contributed by atoms with E-state index < -0.39 is 0 Å². The minimum absolute atomic E-state index is 0.114. The highest BCUT2D eigenvalue weighted by molar-refractivity contribution is 5.84. The molecule has 1 N–H and O–H groups in total. The molecule has 0 aliphatic carbocycles. The minimum atomic E-state index is -0.214. The Balaban J connectivity index is 1.64. The Bertz CT molecular complexity index is 868. The van der Waals surface area contributed by atoms with Gasteiger partial charge in [0.25, 0.3) is 5.91 Å². The Hall–Kier alpha value is -2.83. The molecule has 0 radical (unpaired) electrons. The lowest BCUT2D eigenvalue weighted by Gasteiger charge is -2.08. The molecule has 0 atom stereocenters. The number of carbonyl (C=O) groups excluding carboxylic acids is 1. The molecule has 0 aliphatic rings. The summed E-state index contributed by atoms with van der Waals surface area (Å²) in [6.45, 7) is 6.12. The first-order valence-corrected chi connectivity index (χ1v) is 8.27. The van der Waals surface area contributed by atoms with Gasteiger partial charge in [-0.25, -0.2) is 0 Å². The molecule has 7 heteroatoms. The van der Waals surface area contributed by atoms with Crippen LogP contribution in [0.3, 0.4) is 0 Å². The average molecular weight is 343 g/mol. The van der Waals surface area contributed by atoms with E-state index in [0.29, 0.717) is 36.8 Å². The molecule has 3 heterocycles. The first-order valence-electron chi connectivity index (χ1n) is 8.27. The number of nitrogens with one attached hydrogen (secondary N) is 1. The second kappa shape index (κ2) is 7.38. The molecule has 1 amide bonds. The predicted molar refractivity (Wildman–Crippen MR) is 91.6 cm³/mol. The fraction of sp³-hybridized carbons (Fsp3) is 0.389. The third-order valence-corrected chi connectivity index (χ3v) is 3.97. The molecule has 0 fully saturated rings. The van der Waals surface area contributed by atoms with E-state index >= 15 is 0 Å². The smallest absolute Gasteiger partial charge is 0.258 e. The number of rotatable bonds is 7. The van der Waals surface area contributed by atoms with Crippen LogP contribution in [-0.4, -0.2) is 29.0 Å². The van der Waals surface area contributed by atoms with Gasteiger partial charge in [0.05, 0.1) is 6.26 Å². The van der Waals surface area contributed by atoms with E-state index in [1.807, 2.05) is 32.9 Å². The number of hydrogen-bond acceptors (Lipinski definition) is 6. The molecule has 3 rings (SSSR count). The molecule has 0 saturated heterocycles. The van der Waals surface area contributed by atoms with E-state index in [-0.39, 0.29) is 12.5 Å². The van der Waals surface area contributed by atoms with Gasteiger partial charge >= 0.3 is 0 Å². The molecule has 3 aromatic rings. The summed E-state index contributed by atoms with van der Waals surface area (Å²) in [5.74, 6) is 2.39. The molecule has 7 nitrogen and oxygen atoms in total. The van der Waals surface area contributed by atoms with E-state index in [2.05, 4.69) is 15.3 Å². The molecular formula is C18H21N3O4. The minimum Gasteiger partial charge on any atom is -0.469 e. The van der Waals surface area contributed by atoms with Crippen molar-refractivity contribution in [2.75, 3.05) is 13.2 Å². The summed E-state index contributed by atoms with van der Waals surface area (Å²) < 4.78 is 16.5. The van der Waals surface area contributed by atoms with Crippen LogP contribution in [0.15, 0.2) is 27.2 Å². The van der Waals surface area contributed by atoms with Crippen LogP contribution >= 0.6 is 0 Å². The van der Waals surface area contributed by atoms with Crippen molar-refractivity contribution in [2.45, 2.75) is 33.6 Å². The monoisotopic (exact) mass is 343 g/mol. The number of amides is 1. The van der Waals surface area contributed by atoms with Gasteiger partial charge in [-0.1, -0.05) is 6.92 Å². The predicted octanol–water partition coefficient (Wildman–Crippen LogP) is 2.73. The van der Waals surface area contributed by atoms with Crippen molar-refractivity contribution in [2.24, 2.45) is 0 Å². The second-order valence-corrected chi connectivity index (χ2v) is 5.73. The van der Waals surface area contributed by atoms with Gasteiger partial charge in [0.2, 0.25) is 11.6 Å². The van der Waals surface area contributed by atoms with Gasteiger partial charge in [-0.15, -0.1) is 0 Å². The van der Waals surface area contributed by atoms with E-state index in [0.717, 1.165) is 22.5 Å². The van der Waals surface area contributed by atoms with Gasteiger partial charge in [0.1, 0.15) is 22.7 Å². The number of ether oxygens (including phenoxy) is 1. The number of hydrogen-bond donors (Lipinski definition) is 1. The standard InChI is InChI=1S/C18H21N3O4/c1-4-14-20-17(16-11(2)12(3)25-18(16)21-14)24-10-15(22)19-8-7-13-6-5-9-23-13/h5-6,9H,4,7-8,10H2,1-3H3,(H,19,22). The molecule has 0 unspecified atom stereocenters. The zero-order chi connectivity index (χ0) is 17.8. The van der Waals surface area contributed by atoms with Gasteiger partial charge in [-0.3, -0.25) is 4.79 Å². The Morgan fingerprint density at radius 1 is 1.32 bits per heavy atom. The maximum Gasteiger partial charge on any atom is 0.258 e. The Kier molecular flexibility index (Phi) is 5.02. The lowest BCUT2D eigenvalue weighted by Crippen LogP contribution is -2.30. The number of aromatic nitrogens is 2. The van der Waals surface area contributed by atoms with Crippen LogP contribution in [0.5, 0.6) is 5.88 Å². The molecular weight excluding hydrogens is 322 g/mol. The fourth-order valence-corrected chi connectivity index (χ4v) is 2.48. The zero-order valence-electron chi connectivity index (χ0n) is 14.6. The average Bonchev–Trinajstić information content (AvgIpc) is 3.21. The normalized spacial score (nSPS) is 11.0. The van der Waals surface area contributed by atoms with Crippen LogP contribution in [-0.2, 0) is 17.6 Å². The van der Waals surface area contributed by atoms with E-state index in [1.54, 1.807) is 6.26 Å². The SMILES string of the molecule is CCc1nc(OCC(=O)NCCc2ccco2)c2c(C)c(C)oc2n1. The van der Waals surface area contributed by atoms with Crippen molar-refractivity contribution in [3.63, 3.8) is 0 Å². The summed E-state index contributed by atoms with van der Waals surface area (Å²) in [5, 5.41) is 3.52. The van der Waals surface area contributed by atoms with Gasteiger partial charge in [-0.2, -0.15) is 9.97 Å². The van der Waals surface area contributed by atoms with E-state index in [9.17, 15) is 4.79 Å². The quantitative estimate of drug-likeness (QED) is 0.709. The van der Waals surface area contributed by atoms with Crippen molar-refractivity contribution in [1.29, 1.82) is 0 Å². The van der Waals surface area contributed by atoms with Gasteiger partial charge < -0.3 is 18.9 Å². The first-order chi connectivity index (χ1) is 12.1. The molecule has 0 aromatic carbocycles. The molecule has 0 aliphatic heterocycles. The summed E-state index contributed by atoms with van der Waals surface area (Å²) in [6, 6.07) is 3.69. The summed E-state index contributed by atoms with van der Waals surface area (Å²) in [4.78, 5) is 20.8. The van der Waals surface area contributed by atoms with Crippen LogP contribution < -0.4 is 10.1 Å². The van der Waals surface area contributed by atoms with Crippen molar-refractivity contribution in [3.8, 4) is 5.88 Å². The zero-order valence-corrected chi connectivity index (χ0v) is 14.6. The number of fused-ring (bicyclic) bond motifs is 1. The van der Waals surface area contributed by atoms with Crippen LogP contribution in [0.25, 0.3) is 11.1 Å². The Morgan fingerprint density at radius 2 is 2.16 bits per heavy atom. The topological polar surface area (TPSA) is 90.4 Å². The van der Waals surface area contributed by atoms with Crippen LogP contribution in [0.2, 0.25) is 0 Å². The third kappa shape index (κ3) is 3.81. The number of furan rings is 2. The van der Waals surface area contributed by atoms with Crippen LogP contribution in [0.4, 0.5) is 0 Å². The number of aryl methyl sites for hydroxylation is 3. The van der Waals surface area contributed by atoms with Gasteiger partial charge in [-0.05, 0) is 26.0 Å². The Morgan fingerprint density at radius 3 is 2.88 bits per heavy atom. The molecule has 3 aromatic heterocycles. The van der Waals surface area contributed by atoms with Crippen molar-refractivity contribution >= 4 is 17.0 Å². The summed E-state index contributed by atoms with van der Waals surface area (Å²) >= 11 is 0. The van der Waals surface area contributed by atoms with Crippen molar-refractivity contribution in [1.82, 2.24) is 15.3 Å². The first kappa shape index (κ1) is 17.0. The lowest BCUT2D eigenvalue weighted by molar-refractivity contribution is -0.123. The lowest BCUT2D eigenvalue weighted by atomic mass is 10.2. The summed E-state index contributed by atoms with van der Waals surface area (Å²) in [5.41, 5.74) is 1.42. The second-order valence-electron chi connectivity index (χ2n) is 5.73. The van der Waals surface area contributed by atoms with Gasteiger partial charge in [0, 0.05) is 24.9 Å². The summed E-state index contributed by atoms with van der Waals surface area (Å²) in [6.07, 6.45) is 2.90. The fourth-order valence-electron chi connectivity index (χ4n) is 2.48. The largest absolute Gasteiger partial charge is 0.469 e. The maximum atomic E-state index is 12.0. The highest BCUT2D eigenvalue weighted by atomic mass is 16.5. The van der Waals surface area contributed by atoms with Crippen LogP contribution in [0, 0.1) is 13.8 Å². The Labute approximate surface area is 145 Å². The van der Waals surface area contributed by atoms with E-state index in [1.165, 1.54) is 0 Å². The molecule has 132 valence electrons. The molecule has 0 saturated carbocycles. The van der Waals surface area contributed by atoms with E-state index in [4.69, 9.17) is 13.6 Å².